The lowest BCUT2D eigenvalue weighted by molar-refractivity contribution is 0.0963. The summed E-state index contributed by atoms with van der Waals surface area (Å²) in [6, 6.07) is 10.7. The third-order valence-corrected chi connectivity index (χ3v) is 5.52. The highest BCUT2D eigenvalue weighted by Gasteiger charge is 2.18. The van der Waals surface area contributed by atoms with E-state index in [1.54, 1.807) is 32.4 Å². The Hall–Kier alpha value is -4.11. The molecule has 10 heteroatoms. The molecule has 0 bridgehead atoms. The Morgan fingerprint density at radius 2 is 2.00 bits per heavy atom. The van der Waals surface area contributed by atoms with Gasteiger partial charge in [0.1, 0.15) is 11.2 Å². The molecule has 0 fully saturated rings. The van der Waals surface area contributed by atoms with E-state index >= 15 is 0 Å². The highest BCUT2D eigenvalue weighted by molar-refractivity contribution is 6.33. The first-order valence-electron chi connectivity index (χ1n) is 10.1. The fourth-order valence-electron chi connectivity index (χ4n) is 3.66. The SMILES string of the molecule is CNC(=O)c1ccc(Nc2nc(OC)c3c(-c4ccc5nc(C)oc5c4)c[nH]c3n2)c(Cl)c1. The normalized spacial score (nSPS) is 11.2. The second kappa shape index (κ2) is 8.10. The summed E-state index contributed by atoms with van der Waals surface area (Å²) in [6.45, 7) is 1.81. The molecule has 0 saturated heterocycles. The van der Waals surface area contributed by atoms with Crippen molar-refractivity contribution in [2.45, 2.75) is 6.92 Å². The first-order chi connectivity index (χ1) is 16.0. The average Bonchev–Trinajstić information content (AvgIpc) is 3.41. The lowest BCUT2D eigenvalue weighted by Crippen LogP contribution is -2.17. The molecule has 0 saturated carbocycles. The van der Waals surface area contributed by atoms with Crippen LogP contribution in [0, 0.1) is 6.92 Å². The Kier molecular flexibility index (Phi) is 5.10. The maximum Gasteiger partial charge on any atom is 0.251 e. The van der Waals surface area contributed by atoms with Gasteiger partial charge < -0.3 is 24.8 Å². The van der Waals surface area contributed by atoms with E-state index in [9.17, 15) is 4.79 Å². The number of aromatic amines is 1. The standard InChI is InChI=1S/C23H19ClN6O3/c1-11-27-17-7-4-12(9-18(17)33-11)14-10-26-20-19(14)22(32-3)30-23(29-20)28-16-6-5-13(8-15(16)24)21(31)25-2/h4-10H,1-3H3,(H,25,31)(H2,26,28,29,30). The van der Waals surface area contributed by atoms with E-state index in [4.69, 9.17) is 20.8 Å². The Labute approximate surface area is 193 Å². The van der Waals surface area contributed by atoms with Crippen LogP contribution in [0.5, 0.6) is 5.88 Å². The van der Waals surface area contributed by atoms with Crippen molar-refractivity contribution in [2.75, 3.05) is 19.5 Å². The van der Waals surface area contributed by atoms with Crippen molar-refractivity contribution in [2.24, 2.45) is 0 Å². The number of anilines is 2. The summed E-state index contributed by atoms with van der Waals surface area (Å²) in [4.78, 5) is 28.4. The van der Waals surface area contributed by atoms with Gasteiger partial charge in [-0.25, -0.2) is 4.98 Å². The van der Waals surface area contributed by atoms with Crippen LogP contribution < -0.4 is 15.4 Å². The minimum atomic E-state index is -0.222. The van der Waals surface area contributed by atoms with Gasteiger partial charge in [0.05, 0.1) is 23.2 Å². The number of fused-ring (bicyclic) bond motifs is 2. The number of benzene rings is 2. The fourth-order valence-corrected chi connectivity index (χ4v) is 3.89. The van der Waals surface area contributed by atoms with Crippen LogP contribution in [0.2, 0.25) is 5.02 Å². The molecule has 0 spiro atoms. The van der Waals surface area contributed by atoms with Crippen LogP contribution in [-0.4, -0.2) is 40.0 Å². The number of aromatic nitrogens is 4. The van der Waals surface area contributed by atoms with E-state index in [0.29, 0.717) is 45.2 Å². The molecular formula is C23H19ClN6O3. The monoisotopic (exact) mass is 462 g/mol. The topological polar surface area (TPSA) is 118 Å². The Bertz CT molecular complexity index is 1520. The number of carbonyl (C=O) groups is 1. The van der Waals surface area contributed by atoms with Crippen LogP contribution in [0.25, 0.3) is 33.3 Å². The van der Waals surface area contributed by atoms with Gasteiger partial charge in [-0.05, 0) is 35.9 Å². The summed E-state index contributed by atoms with van der Waals surface area (Å²) in [7, 11) is 3.11. The second-order valence-electron chi connectivity index (χ2n) is 7.30. The van der Waals surface area contributed by atoms with Crippen molar-refractivity contribution in [1.29, 1.82) is 0 Å². The van der Waals surface area contributed by atoms with Crippen LogP contribution in [0.15, 0.2) is 47.0 Å². The molecule has 3 heterocycles. The maximum atomic E-state index is 11.8. The first-order valence-corrected chi connectivity index (χ1v) is 10.4. The summed E-state index contributed by atoms with van der Waals surface area (Å²) in [5.74, 6) is 1.08. The van der Waals surface area contributed by atoms with Crippen LogP contribution in [0.1, 0.15) is 16.2 Å². The van der Waals surface area contributed by atoms with Gasteiger partial charge in [-0.1, -0.05) is 17.7 Å². The Morgan fingerprint density at radius 3 is 2.76 bits per heavy atom. The van der Waals surface area contributed by atoms with Gasteiger partial charge in [0.25, 0.3) is 5.91 Å². The molecule has 0 aliphatic carbocycles. The molecular weight excluding hydrogens is 444 g/mol. The molecule has 0 aliphatic heterocycles. The molecule has 1 amide bonds. The summed E-state index contributed by atoms with van der Waals surface area (Å²) >= 11 is 6.35. The van der Waals surface area contributed by atoms with E-state index in [-0.39, 0.29) is 5.91 Å². The van der Waals surface area contributed by atoms with Gasteiger partial charge in [-0.15, -0.1) is 0 Å². The molecule has 0 radical (unpaired) electrons. The van der Waals surface area contributed by atoms with Crippen molar-refractivity contribution in [1.82, 2.24) is 25.3 Å². The molecule has 9 nitrogen and oxygen atoms in total. The minimum absolute atomic E-state index is 0.222. The van der Waals surface area contributed by atoms with Crippen LogP contribution in [0.4, 0.5) is 11.6 Å². The predicted molar refractivity (Wildman–Crippen MR) is 126 cm³/mol. The predicted octanol–water partition coefficient (Wildman–Crippen LogP) is 4.84. The number of ether oxygens (including phenoxy) is 1. The van der Waals surface area contributed by atoms with Crippen molar-refractivity contribution < 1.29 is 13.9 Å². The van der Waals surface area contributed by atoms with E-state index in [2.05, 4.69) is 30.6 Å². The third-order valence-electron chi connectivity index (χ3n) is 5.20. The average molecular weight is 463 g/mol. The third kappa shape index (κ3) is 3.72. The number of aryl methyl sites for hydroxylation is 1. The van der Waals surface area contributed by atoms with Crippen LogP contribution >= 0.6 is 11.6 Å². The van der Waals surface area contributed by atoms with E-state index in [0.717, 1.165) is 22.0 Å². The zero-order chi connectivity index (χ0) is 23.1. The molecule has 166 valence electrons. The first kappa shape index (κ1) is 20.8. The molecule has 33 heavy (non-hydrogen) atoms. The van der Waals surface area contributed by atoms with Gasteiger partial charge in [-0.2, -0.15) is 9.97 Å². The molecule has 0 atom stereocenters. The number of rotatable bonds is 5. The van der Waals surface area contributed by atoms with Crippen molar-refractivity contribution in [3.63, 3.8) is 0 Å². The van der Waals surface area contributed by atoms with Crippen LogP contribution in [0.3, 0.4) is 0 Å². The Balaban J connectivity index is 1.53. The number of halogens is 1. The number of amides is 1. The van der Waals surface area contributed by atoms with E-state index in [1.807, 2.05) is 31.3 Å². The van der Waals surface area contributed by atoms with Crippen molar-refractivity contribution in [3.8, 4) is 17.0 Å². The van der Waals surface area contributed by atoms with E-state index < -0.39 is 0 Å². The van der Waals surface area contributed by atoms with Gasteiger partial charge in [-0.3, -0.25) is 4.79 Å². The lowest BCUT2D eigenvalue weighted by atomic mass is 10.1. The maximum absolute atomic E-state index is 11.8. The number of carbonyl (C=O) groups excluding carboxylic acids is 1. The second-order valence-corrected chi connectivity index (χ2v) is 7.70. The summed E-state index contributed by atoms with van der Waals surface area (Å²) in [5, 5.41) is 6.76. The molecule has 5 aromatic rings. The molecule has 0 aliphatic rings. The smallest absolute Gasteiger partial charge is 0.251 e. The molecule has 5 rings (SSSR count). The number of methoxy groups -OCH3 is 1. The minimum Gasteiger partial charge on any atom is -0.480 e. The summed E-state index contributed by atoms with van der Waals surface area (Å²) in [5.41, 5.74) is 4.89. The number of hydrogen-bond donors (Lipinski definition) is 3. The zero-order valence-electron chi connectivity index (χ0n) is 18.0. The van der Waals surface area contributed by atoms with Crippen molar-refractivity contribution >= 4 is 51.3 Å². The molecule has 2 aromatic carbocycles. The van der Waals surface area contributed by atoms with Gasteiger partial charge in [0.2, 0.25) is 11.8 Å². The highest BCUT2D eigenvalue weighted by atomic mass is 35.5. The number of oxazole rings is 1. The number of hydrogen-bond acceptors (Lipinski definition) is 7. The highest BCUT2D eigenvalue weighted by Crippen LogP contribution is 2.36. The summed E-state index contributed by atoms with van der Waals surface area (Å²) in [6.07, 6.45) is 1.85. The van der Waals surface area contributed by atoms with Gasteiger partial charge >= 0.3 is 0 Å². The molecule has 3 N–H and O–H groups in total. The quantitative estimate of drug-likeness (QED) is 0.342. The number of nitrogens with zero attached hydrogens (tertiary/aromatic N) is 3. The number of nitrogens with one attached hydrogen (secondary N) is 3. The van der Waals surface area contributed by atoms with Gasteiger partial charge in [0, 0.05) is 31.3 Å². The molecule has 3 aromatic heterocycles. The summed E-state index contributed by atoms with van der Waals surface area (Å²) < 4.78 is 11.3. The van der Waals surface area contributed by atoms with Gasteiger partial charge in [0.15, 0.2) is 11.5 Å². The van der Waals surface area contributed by atoms with E-state index in [1.165, 1.54) is 0 Å². The largest absolute Gasteiger partial charge is 0.480 e. The van der Waals surface area contributed by atoms with Crippen molar-refractivity contribution in [3.05, 3.63) is 59.1 Å². The van der Waals surface area contributed by atoms with Crippen LogP contribution in [-0.2, 0) is 0 Å². The number of H-pyrrole nitrogens is 1. The zero-order valence-corrected chi connectivity index (χ0v) is 18.7. The fraction of sp³-hybridized carbons (Fsp3) is 0.130. The molecule has 0 unspecified atom stereocenters. The lowest BCUT2D eigenvalue weighted by Gasteiger charge is -2.10. The Morgan fingerprint density at radius 1 is 1.15 bits per heavy atom.